The fourth-order valence-electron chi connectivity index (χ4n) is 3.64. The maximum Gasteiger partial charge on any atom is 0.270 e. The number of anilines is 2. The normalized spacial score (nSPS) is 21.2. The topological polar surface area (TPSA) is 92.3 Å². The van der Waals surface area contributed by atoms with Crippen LogP contribution in [0, 0.1) is 0 Å². The van der Waals surface area contributed by atoms with E-state index in [2.05, 4.69) is 25.0 Å². The highest BCUT2D eigenvalue weighted by molar-refractivity contribution is 5.93. The minimum Gasteiger partial charge on any atom is -0.379 e. The minimum atomic E-state index is -0.162. The summed E-state index contributed by atoms with van der Waals surface area (Å²) < 4.78 is 16.3. The summed E-state index contributed by atoms with van der Waals surface area (Å²) in [5.74, 6) is 1.21. The molecule has 3 saturated heterocycles. The maximum absolute atomic E-state index is 12.8. The number of carbonyl (C=O) groups is 1. The molecule has 0 spiro atoms. The zero-order chi connectivity index (χ0) is 19.9. The van der Waals surface area contributed by atoms with Crippen LogP contribution in [0.1, 0.15) is 10.5 Å². The van der Waals surface area contributed by atoms with Crippen LogP contribution in [0.25, 0.3) is 0 Å². The third-order valence-electron chi connectivity index (χ3n) is 5.38. The molecule has 1 N–H and O–H groups in total. The Morgan fingerprint density at radius 3 is 2.10 bits per heavy atom. The van der Waals surface area contributed by atoms with Crippen molar-refractivity contribution in [1.82, 2.24) is 20.2 Å². The highest BCUT2D eigenvalue weighted by Gasteiger charge is 2.21. The second-order valence-corrected chi connectivity index (χ2v) is 7.32. The number of hydrogen-bond donors (Lipinski definition) is 1. The molecule has 0 atom stereocenters. The van der Waals surface area contributed by atoms with Gasteiger partial charge in [-0.05, 0) is 0 Å². The van der Waals surface area contributed by atoms with Crippen LogP contribution >= 0.6 is 0 Å². The van der Waals surface area contributed by atoms with Crippen molar-refractivity contribution in [2.24, 2.45) is 0 Å². The molecule has 3 aliphatic rings. The van der Waals surface area contributed by atoms with Gasteiger partial charge in [-0.2, -0.15) is 4.98 Å². The Morgan fingerprint density at radius 1 is 0.862 bits per heavy atom. The maximum atomic E-state index is 12.8. The Labute approximate surface area is 171 Å². The van der Waals surface area contributed by atoms with E-state index in [1.165, 1.54) is 0 Å². The van der Waals surface area contributed by atoms with Crippen molar-refractivity contribution >= 4 is 17.7 Å². The van der Waals surface area contributed by atoms with Gasteiger partial charge in [-0.3, -0.25) is 9.69 Å². The van der Waals surface area contributed by atoms with E-state index in [1.807, 2.05) is 0 Å². The summed E-state index contributed by atoms with van der Waals surface area (Å²) in [6.07, 6.45) is 0. The molecule has 3 aliphatic heterocycles. The molecule has 10 heteroatoms. The van der Waals surface area contributed by atoms with E-state index in [1.54, 1.807) is 6.07 Å². The molecule has 0 radical (unpaired) electrons. The van der Waals surface area contributed by atoms with E-state index in [0.29, 0.717) is 44.6 Å². The lowest BCUT2D eigenvalue weighted by molar-refractivity contribution is 0.0383. The predicted octanol–water partition coefficient (Wildman–Crippen LogP) is -0.788. The molecule has 1 amide bonds. The number of ether oxygens (including phenoxy) is 3. The molecule has 10 nitrogen and oxygen atoms in total. The average Bonchev–Trinajstić information content (AvgIpc) is 2.80. The highest BCUT2D eigenvalue weighted by atomic mass is 16.5. The summed E-state index contributed by atoms with van der Waals surface area (Å²) in [4.78, 5) is 28.7. The van der Waals surface area contributed by atoms with Crippen molar-refractivity contribution < 1.29 is 19.0 Å². The zero-order valence-corrected chi connectivity index (χ0v) is 16.8. The summed E-state index contributed by atoms with van der Waals surface area (Å²) in [7, 11) is 0. The molecule has 1 aromatic heterocycles. The van der Waals surface area contributed by atoms with Gasteiger partial charge in [0.05, 0.1) is 39.6 Å². The summed E-state index contributed by atoms with van der Waals surface area (Å²) in [6, 6.07) is 1.79. The van der Waals surface area contributed by atoms with Gasteiger partial charge < -0.3 is 29.3 Å². The van der Waals surface area contributed by atoms with E-state index < -0.39 is 0 Å². The van der Waals surface area contributed by atoms with Gasteiger partial charge in [-0.1, -0.05) is 0 Å². The third-order valence-corrected chi connectivity index (χ3v) is 5.38. The standard InChI is InChI=1S/C19H30N6O4/c26-18(20-1-2-23-3-9-27-10-4-23)16-15-17(24-5-11-28-12-6-24)22-19(21-16)25-7-13-29-14-8-25/h15H,1-14H2,(H,20,26). The van der Waals surface area contributed by atoms with Crippen molar-refractivity contribution in [1.29, 1.82) is 0 Å². The fraction of sp³-hybridized carbons (Fsp3) is 0.737. The molecule has 0 saturated carbocycles. The first-order valence-electron chi connectivity index (χ1n) is 10.4. The van der Waals surface area contributed by atoms with Crippen LogP contribution in [0.3, 0.4) is 0 Å². The first kappa shape index (κ1) is 20.3. The Hall–Kier alpha value is -2.01. The number of hydrogen-bond acceptors (Lipinski definition) is 9. The second kappa shape index (κ2) is 10.1. The predicted molar refractivity (Wildman–Crippen MR) is 108 cm³/mol. The number of aromatic nitrogens is 2. The monoisotopic (exact) mass is 406 g/mol. The van der Waals surface area contributed by atoms with Crippen LogP contribution < -0.4 is 15.1 Å². The van der Waals surface area contributed by atoms with Crippen molar-refractivity contribution in [2.75, 3.05) is 102 Å². The lowest BCUT2D eigenvalue weighted by Gasteiger charge is -2.31. The van der Waals surface area contributed by atoms with E-state index in [-0.39, 0.29) is 5.91 Å². The Kier molecular flexibility index (Phi) is 7.09. The number of carbonyl (C=O) groups excluding carboxylic acids is 1. The largest absolute Gasteiger partial charge is 0.379 e. The molecule has 4 rings (SSSR count). The van der Waals surface area contributed by atoms with Gasteiger partial charge in [-0.15, -0.1) is 0 Å². The molecule has 29 heavy (non-hydrogen) atoms. The number of amides is 1. The van der Waals surface area contributed by atoms with Crippen LogP contribution in [-0.4, -0.2) is 113 Å². The fourth-order valence-corrected chi connectivity index (χ4v) is 3.64. The molecule has 160 valence electrons. The molecular formula is C19H30N6O4. The Balaban J connectivity index is 1.45. The third kappa shape index (κ3) is 5.53. The summed E-state index contributed by atoms with van der Waals surface area (Å²) in [5.41, 5.74) is 0.407. The van der Waals surface area contributed by atoms with Crippen LogP contribution in [0.15, 0.2) is 6.07 Å². The van der Waals surface area contributed by atoms with Gasteiger partial charge in [0.15, 0.2) is 0 Å². The first-order chi connectivity index (χ1) is 14.3. The van der Waals surface area contributed by atoms with E-state index in [0.717, 1.165) is 64.8 Å². The van der Waals surface area contributed by atoms with Crippen molar-refractivity contribution in [2.45, 2.75) is 0 Å². The van der Waals surface area contributed by atoms with Gasteiger partial charge in [0, 0.05) is 58.4 Å². The van der Waals surface area contributed by atoms with E-state index in [4.69, 9.17) is 19.2 Å². The lowest BCUT2D eigenvalue weighted by Crippen LogP contribution is -2.42. The number of nitrogens with zero attached hydrogens (tertiary/aromatic N) is 5. The SMILES string of the molecule is O=C(NCCN1CCOCC1)c1cc(N2CCOCC2)nc(N2CCOCC2)n1. The molecule has 0 aliphatic carbocycles. The van der Waals surface area contributed by atoms with Gasteiger partial charge >= 0.3 is 0 Å². The van der Waals surface area contributed by atoms with Crippen molar-refractivity contribution in [3.05, 3.63) is 11.8 Å². The van der Waals surface area contributed by atoms with Gasteiger partial charge in [0.25, 0.3) is 5.91 Å². The van der Waals surface area contributed by atoms with Crippen LogP contribution in [0.4, 0.5) is 11.8 Å². The summed E-state index contributed by atoms with van der Waals surface area (Å²) in [6.45, 7) is 10.3. The Bertz CT molecular complexity index is 636. The van der Waals surface area contributed by atoms with Crippen molar-refractivity contribution in [3.63, 3.8) is 0 Å². The minimum absolute atomic E-state index is 0.162. The summed E-state index contributed by atoms with van der Waals surface area (Å²) in [5, 5.41) is 3.01. The molecule has 0 unspecified atom stereocenters. The summed E-state index contributed by atoms with van der Waals surface area (Å²) >= 11 is 0. The quantitative estimate of drug-likeness (QED) is 0.653. The Morgan fingerprint density at radius 2 is 1.45 bits per heavy atom. The van der Waals surface area contributed by atoms with E-state index >= 15 is 0 Å². The molecular weight excluding hydrogens is 376 g/mol. The molecule has 0 bridgehead atoms. The average molecular weight is 406 g/mol. The smallest absolute Gasteiger partial charge is 0.270 e. The molecule has 1 aromatic rings. The number of nitrogens with one attached hydrogen (secondary N) is 1. The van der Waals surface area contributed by atoms with Gasteiger partial charge in [0.2, 0.25) is 5.95 Å². The van der Waals surface area contributed by atoms with Gasteiger partial charge in [0.1, 0.15) is 11.5 Å². The second-order valence-electron chi connectivity index (χ2n) is 7.32. The first-order valence-corrected chi connectivity index (χ1v) is 10.4. The molecule has 0 aromatic carbocycles. The number of rotatable bonds is 6. The number of morpholine rings is 3. The van der Waals surface area contributed by atoms with E-state index in [9.17, 15) is 4.79 Å². The lowest BCUT2D eigenvalue weighted by atomic mass is 10.3. The molecule has 3 fully saturated rings. The van der Waals surface area contributed by atoms with Crippen LogP contribution in [0.2, 0.25) is 0 Å². The molecule has 4 heterocycles. The van der Waals surface area contributed by atoms with Crippen LogP contribution in [0.5, 0.6) is 0 Å². The zero-order valence-electron chi connectivity index (χ0n) is 16.8. The highest BCUT2D eigenvalue weighted by Crippen LogP contribution is 2.19. The van der Waals surface area contributed by atoms with Crippen molar-refractivity contribution in [3.8, 4) is 0 Å². The van der Waals surface area contributed by atoms with Gasteiger partial charge in [-0.25, -0.2) is 4.98 Å². The van der Waals surface area contributed by atoms with Crippen LogP contribution in [-0.2, 0) is 14.2 Å².